The number of hydrogen-bond acceptors (Lipinski definition) is 6. The van der Waals surface area contributed by atoms with E-state index in [-0.39, 0.29) is 30.4 Å². The van der Waals surface area contributed by atoms with E-state index in [0.717, 1.165) is 0 Å². The zero-order chi connectivity index (χ0) is 22.7. The minimum atomic E-state index is -2.58. The molecule has 1 amide bonds. The number of fused-ring (bicyclic) bond motifs is 1. The van der Waals surface area contributed by atoms with Crippen molar-refractivity contribution in [3.05, 3.63) is 82.9 Å². The lowest BCUT2D eigenvalue weighted by molar-refractivity contribution is 0.0720. The molecular formula is C23H19F2N3O4. The SMILES string of the molecule is Cc1cc(CN2Cc3c(ccnc3C(=O)Oc3ccccc3)C2=O)ncc1OCC(F)F. The summed E-state index contributed by atoms with van der Waals surface area (Å²) >= 11 is 0. The summed E-state index contributed by atoms with van der Waals surface area (Å²) in [5, 5.41) is 0. The number of rotatable bonds is 7. The van der Waals surface area contributed by atoms with E-state index in [1.807, 2.05) is 0 Å². The van der Waals surface area contributed by atoms with Crippen LogP contribution in [-0.4, -0.2) is 39.8 Å². The third-order valence-corrected chi connectivity index (χ3v) is 4.91. The zero-order valence-corrected chi connectivity index (χ0v) is 17.1. The molecule has 7 nitrogen and oxygen atoms in total. The standard InChI is InChI=1S/C23H19F2N3O4/c1-14-9-15(27-10-19(14)31-13-20(24)25)11-28-12-18-17(22(28)29)7-8-26-21(18)23(30)32-16-5-3-2-4-6-16/h2-10,20H,11-13H2,1H3. The first kappa shape index (κ1) is 21.4. The van der Waals surface area contributed by atoms with E-state index >= 15 is 0 Å². The molecule has 1 aromatic carbocycles. The summed E-state index contributed by atoms with van der Waals surface area (Å²) in [7, 11) is 0. The highest BCUT2D eigenvalue weighted by molar-refractivity contribution is 6.02. The number of carbonyl (C=O) groups is 2. The first-order valence-corrected chi connectivity index (χ1v) is 9.83. The predicted octanol–water partition coefficient (Wildman–Crippen LogP) is 3.80. The van der Waals surface area contributed by atoms with Gasteiger partial charge in [-0.25, -0.2) is 18.6 Å². The average Bonchev–Trinajstić information content (AvgIpc) is 3.09. The predicted molar refractivity (Wildman–Crippen MR) is 110 cm³/mol. The number of esters is 1. The van der Waals surface area contributed by atoms with E-state index < -0.39 is 19.0 Å². The number of carbonyl (C=O) groups excluding carboxylic acids is 2. The van der Waals surface area contributed by atoms with Crippen molar-refractivity contribution in [2.75, 3.05) is 6.61 Å². The maximum Gasteiger partial charge on any atom is 0.362 e. The van der Waals surface area contributed by atoms with Crippen LogP contribution < -0.4 is 9.47 Å². The first-order valence-electron chi connectivity index (χ1n) is 9.83. The van der Waals surface area contributed by atoms with E-state index in [0.29, 0.717) is 28.1 Å². The summed E-state index contributed by atoms with van der Waals surface area (Å²) in [6.45, 7) is 1.35. The molecule has 1 aliphatic heterocycles. The van der Waals surface area contributed by atoms with Crippen molar-refractivity contribution in [2.24, 2.45) is 0 Å². The second kappa shape index (κ2) is 9.09. The fraction of sp³-hybridized carbons (Fsp3) is 0.217. The monoisotopic (exact) mass is 439 g/mol. The number of aromatic nitrogens is 2. The van der Waals surface area contributed by atoms with Gasteiger partial charge >= 0.3 is 5.97 Å². The largest absolute Gasteiger partial charge is 0.486 e. The van der Waals surface area contributed by atoms with Gasteiger partial charge in [0.15, 0.2) is 5.69 Å². The van der Waals surface area contributed by atoms with Gasteiger partial charge in [-0.05, 0) is 36.8 Å². The number of pyridine rings is 2. The second-order valence-electron chi connectivity index (χ2n) is 7.19. The smallest absolute Gasteiger partial charge is 0.362 e. The maximum atomic E-state index is 12.9. The van der Waals surface area contributed by atoms with Crippen molar-refractivity contribution in [2.45, 2.75) is 26.4 Å². The van der Waals surface area contributed by atoms with Gasteiger partial charge in [0, 0.05) is 23.9 Å². The average molecular weight is 439 g/mol. The van der Waals surface area contributed by atoms with Crippen molar-refractivity contribution in [1.29, 1.82) is 0 Å². The van der Waals surface area contributed by atoms with Crippen LogP contribution >= 0.6 is 0 Å². The zero-order valence-electron chi connectivity index (χ0n) is 17.1. The molecule has 0 aliphatic carbocycles. The van der Waals surface area contributed by atoms with Gasteiger partial charge in [-0.1, -0.05) is 18.2 Å². The Morgan fingerprint density at radius 1 is 1.19 bits per heavy atom. The molecule has 0 radical (unpaired) electrons. The number of nitrogens with zero attached hydrogens (tertiary/aromatic N) is 3. The highest BCUT2D eigenvalue weighted by atomic mass is 19.3. The van der Waals surface area contributed by atoms with Crippen LogP contribution in [0.3, 0.4) is 0 Å². The topological polar surface area (TPSA) is 81.6 Å². The van der Waals surface area contributed by atoms with E-state index in [2.05, 4.69) is 9.97 Å². The molecule has 0 fully saturated rings. The van der Waals surface area contributed by atoms with Gasteiger partial charge in [0.05, 0.1) is 18.4 Å². The summed E-state index contributed by atoms with van der Waals surface area (Å²) in [6, 6.07) is 11.9. The van der Waals surface area contributed by atoms with Crippen LogP contribution in [0.5, 0.6) is 11.5 Å². The summed E-state index contributed by atoms with van der Waals surface area (Å²) in [4.78, 5) is 35.4. The van der Waals surface area contributed by atoms with Crippen LogP contribution in [0, 0.1) is 6.92 Å². The Labute approximate surface area is 182 Å². The lowest BCUT2D eigenvalue weighted by Gasteiger charge is -2.16. The van der Waals surface area contributed by atoms with Gasteiger partial charge in [-0.3, -0.25) is 9.78 Å². The number of ether oxygens (including phenoxy) is 2. The highest BCUT2D eigenvalue weighted by Gasteiger charge is 2.32. The molecule has 3 heterocycles. The van der Waals surface area contributed by atoms with Crippen LogP contribution in [-0.2, 0) is 13.1 Å². The lowest BCUT2D eigenvalue weighted by atomic mass is 10.1. The van der Waals surface area contributed by atoms with Gasteiger partial charge < -0.3 is 14.4 Å². The molecule has 0 saturated heterocycles. The normalized spacial score (nSPS) is 12.8. The molecular weight excluding hydrogens is 420 g/mol. The van der Waals surface area contributed by atoms with Gasteiger partial charge in [0.2, 0.25) is 0 Å². The van der Waals surface area contributed by atoms with Crippen molar-refractivity contribution < 1.29 is 27.8 Å². The van der Waals surface area contributed by atoms with Crippen molar-refractivity contribution >= 4 is 11.9 Å². The second-order valence-corrected chi connectivity index (χ2v) is 7.19. The van der Waals surface area contributed by atoms with E-state index in [9.17, 15) is 18.4 Å². The Kier molecular flexibility index (Phi) is 6.07. The molecule has 4 rings (SSSR count). The summed E-state index contributed by atoms with van der Waals surface area (Å²) in [5.41, 5.74) is 2.16. The Hall–Kier alpha value is -3.88. The van der Waals surface area contributed by atoms with E-state index in [4.69, 9.17) is 9.47 Å². The van der Waals surface area contributed by atoms with Crippen LogP contribution in [0.2, 0.25) is 0 Å². The molecule has 0 saturated carbocycles. The third kappa shape index (κ3) is 4.56. The first-order chi connectivity index (χ1) is 15.4. The van der Waals surface area contributed by atoms with Gasteiger partial charge in [-0.15, -0.1) is 0 Å². The number of halogens is 2. The molecule has 3 aromatic rings. The van der Waals surface area contributed by atoms with Gasteiger partial charge in [0.1, 0.15) is 18.1 Å². The number of aryl methyl sites for hydroxylation is 1. The van der Waals surface area contributed by atoms with Crippen LogP contribution in [0.25, 0.3) is 0 Å². The van der Waals surface area contributed by atoms with Crippen LogP contribution in [0.1, 0.15) is 37.7 Å². The highest BCUT2D eigenvalue weighted by Crippen LogP contribution is 2.28. The maximum absolute atomic E-state index is 12.9. The van der Waals surface area contributed by atoms with Crippen LogP contribution in [0.4, 0.5) is 8.78 Å². The van der Waals surface area contributed by atoms with E-state index in [1.165, 1.54) is 17.3 Å². The lowest BCUT2D eigenvalue weighted by Crippen LogP contribution is -2.24. The Morgan fingerprint density at radius 2 is 1.97 bits per heavy atom. The molecule has 0 atom stereocenters. The fourth-order valence-corrected chi connectivity index (χ4v) is 3.42. The Bertz CT molecular complexity index is 1160. The molecule has 0 bridgehead atoms. The van der Waals surface area contributed by atoms with Crippen LogP contribution in [0.15, 0.2) is 54.9 Å². The quantitative estimate of drug-likeness (QED) is 0.411. The molecule has 0 spiro atoms. The number of para-hydroxylation sites is 1. The molecule has 1 aliphatic rings. The Morgan fingerprint density at radius 3 is 2.69 bits per heavy atom. The molecule has 2 aromatic heterocycles. The number of amides is 1. The van der Waals surface area contributed by atoms with Crippen molar-refractivity contribution in [3.63, 3.8) is 0 Å². The number of alkyl halides is 2. The van der Waals surface area contributed by atoms with E-state index in [1.54, 1.807) is 49.4 Å². The molecule has 9 heteroatoms. The van der Waals surface area contributed by atoms with Crippen molar-refractivity contribution in [3.8, 4) is 11.5 Å². The summed E-state index contributed by atoms with van der Waals surface area (Å²) < 4.78 is 35.1. The Balaban J connectivity index is 1.49. The molecule has 0 unspecified atom stereocenters. The summed E-state index contributed by atoms with van der Waals surface area (Å²) in [6.07, 6.45) is 0.191. The molecule has 164 valence electrons. The van der Waals surface area contributed by atoms with Crippen molar-refractivity contribution in [1.82, 2.24) is 14.9 Å². The molecule has 0 N–H and O–H groups in total. The number of hydrogen-bond donors (Lipinski definition) is 0. The van der Waals surface area contributed by atoms with Gasteiger partial charge in [0.25, 0.3) is 12.3 Å². The minimum Gasteiger partial charge on any atom is -0.486 e. The fourth-order valence-electron chi connectivity index (χ4n) is 3.42. The summed E-state index contributed by atoms with van der Waals surface area (Å²) in [5.74, 6) is -0.252. The third-order valence-electron chi connectivity index (χ3n) is 4.91. The molecule has 32 heavy (non-hydrogen) atoms. The van der Waals surface area contributed by atoms with Gasteiger partial charge in [-0.2, -0.15) is 0 Å². The minimum absolute atomic E-state index is 0.0853. The number of benzene rings is 1.